The lowest BCUT2D eigenvalue weighted by atomic mass is 10.2. The summed E-state index contributed by atoms with van der Waals surface area (Å²) in [5.74, 6) is -0.143. The van der Waals surface area contributed by atoms with Crippen LogP contribution in [-0.4, -0.2) is 44.0 Å². The van der Waals surface area contributed by atoms with Gasteiger partial charge in [-0.15, -0.1) is 4.72 Å². The lowest BCUT2D eigenvalue weighted by Crippen LogP contribution is -2.40. The maximum atomic E-state index is 12.1. The second-order valence-electron chi connectivity index (χ2n) is 6.00. The van der Waals surface area contributed by atoms with Gasteiger partial charge in [0.2, 0.25) is 0 Å². The molecule has 1 N–H and O–H groups in total. The Morgan fingerprint density at radius 1 is 1.50 bits per heavy atom. The molecule has 1 amide bonds. The molecule has 1 rings (SSSR count). The highest BCUT2D eigenvalue weighted by Gasteiger charge is 2.29. The molecule has 0 saturated carbocycles. The quantitative estimate of drug-likeness (QED) is 0.849. The first-order chi connectivity index (χ1) is 9.04. The van der Waals surface area contributed by atoms with Crippen LogP contribution in [0.15, 0.2) is 6.07 Å². The van der Waals surface area contributed by atoms with Crippen molar-refractivity contribution in [3.8, 4) is 0 Å². The van der Waals surface area contributed by atoms with Crippen LogP contribution in [0.3, 0.4) is 0 Å². The van der Waals surface area contributed by atoms with Gasteiger partial charge in [0.25, 0.3) is 5.91 Å². The lowest BCUT2D eigenvalue weighted by Gasteiger charge is -2.26. The highest BCUT2D eigenvalue weighted by molar-refractivity contribution is 7.90. The van der Waals surface area contributed by atoms with E-state index in [1.165, 1.54) is 4.90 Å². The predicted molar refractivity (Wildman–Crippen MR) is 80.7 cm³/mol. The number of aryl methyl sites for hydroxylation is 1. The Morgan fingerprint density at radius 3 is 2.50 bits per heavy atom. The highest BCUT2D eigenvalue weighted by Crippen LogP contribution is 2.20. The van der Waals surface area contributed by atoms with E-state index in [1.54, 1.807) is 31.9 Å². The predicted octanol–water partition coefficient (Wildman–Crippen LogP) is 1.23. The van der Waals surface area contributed by atoms with Gasteiger partial charge in [-0.3, -0.25) is 9.48 Å². The monoisotopic (exact) mass is 300 g/mol. The maximum Gasteiger partial charge on any atom is 0.273 e. The summed E-state index contributed by atoms with van der Waals surface area (Å²) in [5.41, 5.74) is 1.22. The molecule has 2 atom stereocenters. The molecule has 20 heavy (non-hydrogen) atoms. The molecule has 0 spiro atoms. The van der Waals surface area contributed by atoms with Crippen LogP contribution >= 0.6 is 0 Å². The van der Waals surface area contributed by atoms with Gasteiger partial charge in [-0.25, -0.2) is 0 Å². The molecule has 0 unspecified atom stereocenters. The molecule has 7 heteroatoms. The zero-order valence-corrected chi connectivity index (χ0v) is 14.0. The zero-order chi connectivity index (χ0) is 15.7. The molecule has 0 radical (unpaired) electrons. The molecule has 6 nitrogen and oxygen atoms in total. The fraction of sp³-hybridized carbons (Fsp3) is 0.692. The van der Waals surface area contributed by atoms with Gasteiger partial charge in [-0.2, -0.15) is 5.10 Å². The van der Waals surface area contributed by atoms with Crippen LogP contribution in [-0.2, 0) is 18.4 Å². The first-order valence-corrected chi connectivity index (χ1v) is 7.62. The number of hydrogen-bond acceptors (Lipinski definition) is 4. The summed E-state index contributed by atoms with van der Waals surface area (Å²) in [6.07, 6.45) is 0. The topological polar surface area (TPSA) is 73.2 Å². The smallest absolute Gasteiger partial charge is 0.273 e. The van der Waals surface area contributed by atoms with E-state index in [4.69, 9.17) is 0 Å². The molecule has 0 saturated heterocycles. The van der Waals surface area contributed by atoms with Crippen LogP contribution < -0.4 is 4.72 Å². The van der Waals surface area contributed by atoms with Crippen molar-refractivity contribution in [3.63, 3.8) is 0 Å². The van der Waals surface area contributed by atoms with Gasteiger partial charge >= 0.3 is 0 Å². The molecule has 114 valence electrons. The van der Waals surface area contributed by atoms with E-state index in [0.717, 1.165) is 5.69 Å². The molecule has 1 aromatic rings. The van der Waals surface area contributed by atoms with Gasteiger partial charge in [0.15, 0.2) is 5.69 Å². The molecule has 0 aromatic carbocycles. The van der Waals surface area contributed by atoms with Crippen LogP contribution in [0.2, 0.25) is 0 Å². The van der Waals surface area contributed by atoms with E-state index in [9.17, 15) is 9.35 Å². The van der Waals surface area contributed by atoms with Crippen LogP contribution in [0.5, 0.6) is 0 Å². The van der Waals surface area contributed by atoms with Gasteiger partial charge < -0.3 is 9.45 Å². The second kappa shape index (κ2) is 6.15. The zero-order valence-electron chi connectivity index (χ0n) is 13.2. The Kier molecular flexibility index (Phi) is 5.23. The van der Waals surface area contributed by atoms with Crippen LogP contribution in [0.25, 0.3) is 0 Å². The summed E-state index contributed by atoms with van der Waals surface area (Å²) in [6, 6.07) is 1.58. The van der Waals surface area contributed by atoms with E-state index >= 15 is 0 Å². The van der Waals surface area contributed by atoms with Crippen LogP contribution in [0, 0.1) is 0 Å². The Labute approximate surface area is 123 Å². The Balaban J connectivity index is 2.89. The Bertz CT molecular complexity index is 479. The second-order valence-corrected chi connectivity index (χ2v) is 8.00. The Hall–Kier alpha value is -1.05. The number of carbonyl (C=O) groups excluding carboxylic acids is 1. The minimum absolute atomic E-state index is 0.143. The average molecular weight is 300 g/mol. The molecule has 1 aromatic heterocycles. The minimum atomic E-state index is -1.17. The molecular weight excluding hydrogens is 276 g/mol. The molecule has 1 heterocycles. The van der Waals surface area contributed by atoms with Crippen molar-refractivity contribution in [2.45, 2.75) is 38.5 Å². The van der Waals surface area contributed by atoms with Gasteiger partial charge in [0.05, 0.1) is 11.7 Å². The van der Waals surface area contributed by atoms with Crippen molar-refractivity contribution < 1.29 is 9.35 Å². The van der Waals surface area contributed by atoms with Gasteiger partial charge in [0, 0.05) is 32.5 Å². The van der Waals surface area contributed by atoms with Gasteiger partial charge in [-0.1, -0.05) is 0 Å². The standard InChI is InChI=1S/C13H24N4O2S/c1-9(15-20(19)13(2,3)4)11-8-10(14-17(11)7)12(18)16(5)6/h8-9,15H,1-7H3/t9-,20+/m0/s1. The summed E-state index contributed by atoms with van der Waals surface area (Å²) in [4.78, 5) is 13.4. The van der Waals surface area contributed by atoms with Crippen molar-refractivity contribution in [1.29, 1.82) is 0 Å². The molecule has 0 aliphatic rings. The maximum absolute atomic E-state index is 12.1. The summed E-state index contributed by atoms with van der Waals surface area (Å²) >= 11 is -1.17. The molecule has 0 aliphatic heterocycles. The van der Waals surface area contributed by atoms with Crippen molar-refractivity contribution >= 4 is 17.3 Å². The lowest BCUT2D eigenvalue weighted by molar-refractivity contribution is 0.0821. The fourth-order valence-corrected chi connectivity index (χ4v) is 2.41. The number of hydrogen-bond donors (Lipinski definition) is 1. The first kappa shape index (κ1) is 17.0. The third-order valence-corrected chi connectivity index (χ3v) is 4.50. The third kappa shape index (κ3) is 3.97. The molecular formula is C13H24N4O2S. The molecule has 0 aliphatic carbocycles. The van der Waals surface area contributed by atoms with Crippen molar-refractivity contribution in [1.82, 2.24) is 19.4 Å². The number of carbonyl (C=O) groups is 1. The van der Waals surface area contributed by atoms with E-state index in [1.807, 2.05) is 27.7 Å². The van der Waals surface area contributed by atoms with Crippen molar-refractivity contribution in [2.75, 3.05) is 14.1 Å². The Morgan fingerprint density at radius 2 is 2.05 bits per heavy atom. The highest BCUT2D eigenvalue weighted by atomic mass is 32.2. The number of nitrogens with one attached hydrogen (secondary N) is 1. The SMILES string of the molecule is C[C@H](N[S@+]([O-])C(C)(C)C)c1cc(C(=O)N(C)C)nn1C. The minimum Gasteiger partial charge on any atom is -0.598 e. The summed E-state index contributed by atoms with van der Waals surface area (Å²) < 4.78 is 16.5. The third-order valence-electron chi connectivity index (χ3n) is 2.82. The molecule has 0 fully saturated rings. The van der Waals surface area contributed by atoms with Crippen molar-refractivity contribution in [3.05, 3.63) is 17.5 Å². The average Bonchev–Trinajstić information content (AvgIpc) is 2.68. The van der Waals surface area contributed by atoms with Gasteiger partial charge in [-0.05, 0) is 33.8 Å². The first-order valence-electron chi connectivity index (χ1n) is 6.47. The summed E-state index contributed by atoms with van der Waals surface area (Å²) in [7, 11) is 5.15. The summed E-state index contributed by atoms with van der Waals surface area (Å²) in [5, 5.41) is 4.21. The van der Waals surface area contributed by atoms with E-state index in [0.29, 0.717) is 5.69 Å². The number of nitrogens with zero attached hydrogens (tertiary/aromatic N) is 3. The van der Waals surface area contributed by atoms with Crippen molar-refractivity contribution in [2.24, 2.45) is 7.05 Å². The van der Waals surface area contributed by atoms with Crippen LogP contribution in [0.4, 0.5) is 0 Å². The van der Waals surface area contributed by atoms with E-state index in [-0.39, 0.29) is 16.7 Å². The van der Waals surface area contributed by atoms with Crippen LogP contribution in [0.1, 0.15) is 49.9 Å². The van der Waals surface area contributed by atoms with E-state index in [2.05, 4.69) is 9.82 Å². The number of aromatic nitrogens is 2. The number of rotatable bonds is 4. The molecule has 0 bridgehead atoms. The van der Waals surface area contributed by atoms with Gasteiger partial charge in [0.1, 0.15) is 4.75 Å². The van der Waals surface area contributed by atoms with E-state index < -0.39 is 11.4 Å². The normalized spacial score (nSPS) is 15.0. The number of amides is 1. The largest absolute Gasteiger partial charge is 0.598 e. The fourth-order valence-electron chi connectivity index (χ4n) is 1.62. The summed E-state index contributed by atoms with van der Waals surface area (Å²) in [6.45, 7) is 7.64.